The van der Waals surface area contributed by atoms with Gasteiger partial charge < -0.3 is 29.7 Å². The van der Waals surface area contributed by atoms with Crippen LogP contribution in [-0.4, -0.2) is 62.7 Å². The normalized spacial score (nSPS) is 23.6. The van der Waals surface area contributed by atoms with Gasteiger partial charge in [-0.05, 0) is 36.9 Å². The first kappa shape index (κ1) is 29.9. The van der Waals surface area contributed by atoms with Gasteiger partial charge in [0.2, 0.25) is 5.72 Å². The molecule has 1 aliphatic rings. The molecule has 0 radical (unpaired) electrons. The number of alkyl halides is 1. The summed E-state index contributed by atoms with van der Waals surface area (Å²) in [4.78, 5) is 37.6. The Morgan fingerprint density at radius 1 is 1.37 bits per heavy atom. The van der Waals surface area contributed by atoms with Crippen molar-refractivity contribution in [2.75, 3.05) is 18.9 Å². The smallest absolute Gasteiger partial charge is 0.351 e. The van der Waals surface area contributed by atoms with E-state index in [2.05, 4.69) is 15.0 Å². The fourth-order valence-electron chi connectivity index (χ4n) is 4.14. The zero-order valence-electron chi connectivity index (χ0n) is 21.9. The van der Waals surface area contributed by atoms with E-state index >= 15 is 4.39 Å². The summed E-state index contributed by atoms with van der Waals surface area (Å²) in [5.41, 5.74) is 11.1. The molecule has 0 aliphatic carbocycles. The van der Waals surface area contributed by atoms with Crippen molar-refractivity contribution < 1.29 is 37.7 Å². The molecule has 6 atom stereocenters. The number of aromatic nitrogens is 2. The van der Waals surface area contributed by atoms with Gasteiger partial charge in [0.25, 0.3) is 8.18 Å². The zero-order chi connectivity index (χ0) is 29.7. The molecule has 1 aromatic heterocycles. The molecule has 1 aliphatic heterocycles. The third-order valence-corrected chi connectivity index (χ3v) is 7.43. The summed E-state index contributed by atoms with van der Waals surface area (Å²) in [7, 11) is -3.58. The third kappa shape index (κ3) is 6.17. The highest BCUT2D eigenvalue weighted by atomic mass is 31.1. The van der Waals surface area contributed by atoms with E-state index in [4.69, 9.17) is 30.1 Å². The highest BCUT2D eigenvalue weighted by Gasteiger charge is 2.57. The maximum atomic E-state index is 15.4. The quantitative estimate of drug-likeness (QED) is 0.0828. The summed E-state index contributed by atoms with van der Waals surface area (Å²) in [5, 5.41) is 15.3. The number of benzene rings is 2. The highest BCUT2D eigenvalue weighted by molar-refractivity contribution is 7.36. The number of hydrogen-bond acceptors (Lipinski definition) is 11. The number of nitrogens with two attached hydrogens (primary N) is 1. The van der Waals surface area contributed by atoms with Crippen molar-refractivity contribution in [3.05, 3.63) is 75.7 Å². The van der Waals surface area contributed by atoms with Crippen LogP contribution >= 0.6 is 8.18 Å². The molecule has 2 aromatic carbocycles. The number of hydrogen-bond donors (Lipinski definition) is 2. The molecule has 4 rings (SSSR count). The van der Waals surface area contributed by atoms with Crippen LogP contribution in [0.15, 0.2) is 64.6 Å². The van der Waals surface area contributed by atoms with Gasteiger partial charge in [0, 0.05) is 16.5 Å². The Balaban J connectivity index is 1.62. The van der Waals surface area contributed by atoms with Crippen molar-refractivity contribution in [1.82, 2.24) is 14.4 Å². The molecule has 1 saturated heterocycles. The number of anilines is 1. The molecular formula is C24H27FN7O8P. The minimum atomic E-state index is -3.58. The van der Waals surface area contributed by atoms with Gasteiger partial charge in [-0.15, -0.1) is 0 Å². The SMILES string of the molecule is CCOC(=O)C(C)N(Oc1cccc2ccccc12)[PH](=O)OC[C@@]1(N=[N+]=[N-])O[C@@H](n2ccc(N)nc2=O)[C@H](O)[C@@H]1F. The second-order valence-electron chi connectivity index (χ2n) is 8.85. The van der Waals surface area contributed by atoms with Crippen molar-refractivity contribution in [1.29, 1.82) is 0 Å². The summed E-state index contributed by atoms with van der Waals surface area (Å²) in [6.07, 6.45) is -5.03. The van der Waals surface area contributed by atoms with Gasteiger partial charge in [-0.1, -0.05) is 46.3 Å². The lowest BCUT2D eigenvalue weighted by Gasteiger charge is -2.29. The number of hydroxylamine groups is 1. The molecule has 3 N–H and O–H groups in total. The molecule has 3 aromatic rings. The Kier molecular flexibility index (Phi) is 9.23. The van der Waals surface area contributed by atoms with Gasteiger partial charge in [0.15, 0.2) is 18.1 Å². The van der Waals surface area contributed by atoms with E-state index in [0.29, 0.717) is 5.39 Å². The molecule has 0 bridgehead atoms. The summed E-state index contributed by atoms with van der Waals surface area (Å²) >= 11 is 0. The van der Waals surface area contributed by atoms with E-state index in [9.17, 15) is 19.3 Å². The van der Waals surface area contributed by atoms with E-state index < -0.39 is 56.7 Å². The van der Waals surface area contributed by atoms with E-state index in [-0.39, 0.29) is 18.2 Å². The molecule has 2 heterocycles. The highest BCUT2D eigenvalue weighted by Crippen LogP contribution is 2.43. The van der Waals surface area contributed by atoms with Gasteiger partial charge in [-0.3, -0.25) is 13.9 Å². The van der Waals surface area contributed by atoms with Crippen molar-refractivity contribution in [2.24, 2.45) is 5.11 Å². The summed E-state index contributed by atoms with van der Waals surface area (Å²) in [5.74, 6) is -0.677. The monoisotopic (exact) mass is 591 g/mol. The molecule has 218 valence electrons. The maximum Gasteiger partial charge on any atom is 0.351 e. The number of aliphatic hydroxyl groups is 1. The topological polar surface area (TPSA) is 204 Å². The Hall–Kier alpha value is -4.04. The zero-order valence-corrected chi connectivity index (χ0v) is 22.9. The largest absolute Gasteiger partial charge is 0.465 e. The van der Waals surface area contributed by atoms with E-state index in [1.165, 1.54) is 13.0 Å². The average molecular weight is 591 g/mol. The number of ether oxygens (including phenoxy) is 2. The van der Waals surface area contributed by atoms with Crippen LogP contribution in [0.4, 0.5) is 10.2 Å². The Labute approximate surface area is 232 Å². The Morgan fingerprint density at radius 3 is 2.80 bits per heavy atom. The molecule has 15 nitrogen and oxygen atoms in total. The molecule has 1 fully saturated rings. The number of fused-ring (bicyclic) bond motifs is 1. The van der Waals surface area contributed by atoms with Crippen molar-refractivity contribution in [2.45, 2.75) is 44.1 Å². The van der Waals surface area contributed by atoms with Crippen LogP contribution in [-0.2, 0) is 23.4 Å². The number of esters is 1. The van der Waals surface area contributed by atoms with E-state index in [0.717, 1.165) is 21.0 Å². The molecule has 0 spiro atoms. The molecule has 17 heteroatoms. The summed E-state index contributed by atoms with van der Waals surface area (Å²) < 4.78 is 45.6. The maximum absolute atomic E-state index is 15.4. The van der Waals surface area contributed by atoms with Crippen LogP contribution < -0.4 is 16.3 Å². The Morgan fingerprint density at radius 2 is 2.10 bits per heavy atom. The molecule has 0 saturated carbocycles. The molecule has 41 heavy (non-hydrogen) atoms. The lowest BCUT2D eigenvalue weighted by Crippen LogP contribution is -2.43. The van der Waals surface area contributed by atoms with Gasteiger partial charge in [0.05, 0.1) is 13.2 Å². The van der Waals surface area contributed by atoms with Crippen LogP contribution in [0.3, 0.4) is 0 Å². The number of azide groups is 1. The average Bonchev–Trinajstić information content (AvgIpc) is 3.20. The van der Waals surface area contributed by atoms with Crippen molar-refractivity contribution in [3.63, 3.8) is 0 Å². The van der Waals surface area contributed by atoms with Crippen molar-refractivity contribution in [3.8, 4) is 5.75 Å². The number of carbonyl (C=O) groups excluding carboxylic acids is 1. The predicted octanol–water partition coefficient (Wildman–Crippen LogP) is 2.87. The first-order valence-electron chi connectivity index (χ1n) is 12.3. The summed E-state index contributed by atoms with van der Waals surface area (Å²) in [6.45, 7) is 1.99. The first-order valence-corrected chi connectivity index (χ1v) is 13.6. The van der Waals surface area contributed by atoms with Gasteiger partial charge in [-0.25, -0.2) is 9.18 Å². The predicted molar refractivity (Wildman–Crippen MR) is 143 cm³/mol. The Bertz CT molecular complexity index is 1550. The molecule has 2 unspecified atom stereocenters. The standard InChI is InChI=1S/C24H27FN7O8P/c1-3-37-22(34)14(2)32(40-17-10-6-8-15-7-4-5-9-16(15)17)41(36)38-13-24(29-30-27)20(25)19(33)21(39-24)31-12-11-18(26)28-23(31)35/h4-12,14,19-21,33,41H,3,13H2,1-2H3,(H2,26,28,35)/t14?,19-,20+,21-,24-/m1/s1. The number of nitrogens with zero attached hydrogens (tertiary/aromatic N) is 6. The van der Waals surface area contributed by atoms with Crippen LogP contribution in [0.1, 0.15) is 20.1 Å². The van der Waals surface area contributed by atoms with Crippen LogP contribution in [0.5, 0.6) is 5.75 Å². The number of carbonyl (C=O) groups is 1. The lowest BCUT2D eigenvalue weighted by atomic mass is 10.1. The minimum Gasteiger partial charge on any atom is -0.465 e. The van der Waals surface area contributed by atoms with Gasteiger partial charge in [0.1, 0.15) is 18.0 Å². The van der Waals surface area contributed by atoms with Crippen molar-refractivity contribution >= 4 is 30.7 Å². The second kappa shape index (κ2) is 12.6. The van der Waals surface area contributed by atoms with Gasteiger partial charge in [-0.2, -0.15) is 4.98 Å². The molecule has 0 amide bonds. The fraction of sp³-hybridized carbons (Fsp3) is 0.375. The second-order valence-corrected chi connectivity index (χ2v) is 10.1. The van der Waals surface area contributed by atoms with E-state index in [1.807, 2.05) is 18.2 Å². The van der Waals surface area contributed by atoms with Crippen LogP contribution in [0, 0.1) is 0 Å². The van der Waals surface area contributed by atoms with E-state index in [1.54, 1.807) is 31.2 Å². The number of aliphatic hydroxyl groups excluding tert-OH is 1. The fourth-order valence-corrected chi connectivity index (χ4v) is 5.19. The van der Waals surface area contributed by atoms with Crippen LogP contribution in [0.25, 0.3) is 21.2 Å². The number of nitrogen functional groups attached to an aromatic ring is 1. The van der Waals surface area contributed by atoms with Gasteiger partial charge >= 0.3 is 11.7 Å². The summed E-state index contributed by atoms with van der Waals surface area (Å²) in [6, 6.07) is 12.2. The molecular weight excluding hydrogens is 564 g/mol. The number of halogens is 1. The third-order valence-electron chi connectivity index (χ3n) is 6.20. The minimum absolute atomic E-state index is 0.0308. The van der Waals surface area contributed by atoms with Crippen LogP contribution in [0.2, 0.25) is 0 Å². The lowest BCUT2D eigenvalue weighted by molar-refractivity contribution is -0.155. The number of rotatable bonds is 11. The first-order chi connectivity index (χ1) is 19.6.